The number of anilines is 1. The first-order chi connectivity index (χ1) is 17.2. The van der Waals surface area contributed by atoms with E-state index >= 15 is 0 Å². The van der Waals surface area contributed by atoms with Crippen molar-refractivity contribution in [2.75, 3.05) is 31.2 Å². The third-order valence-electron chi connectivity index (χ3n) is 7.67. The maximum Gasteiger partial charge on any atom is 0.295 e. The Morgan fingerprint density at radius 1 is 0.886 bits per heavy atom. The first-order valence-electron chi connectivity index (χ1n) is 13.8. The van der Waals surface area contributed by atoms with Gasteiger partial charge in [0.05, 0.1) is 6.04 Å². The highest BCUT2D eigenvalue weighted by Gasteiger charge is 2.43. The number of hydrogen-bond acceptors (Lipinski definition) is 6. The minimum absolute atomic E-state index is 0.0723. The zero-order chi connectivity index (χ0) is 24.5. The summed E-state index contributed by atoms with van der Waals surface area (Å²) in [6, 6.07) is 9.35. The molecule has 7 nitrogen and oxygen atoms in total. The smallest absolute Gasteiger partial charge is 0.295 e. The van der Waals surface area contributed by atoms with E-state index in [1.54, 1.807) is 0 Å². The summed E-state index contributed by atoms with van der Waals surface area (Å²) in [5, 5.41) is 18.4. The van der Waals surface area contributed by atoms with Gasteiger partial charge in [-0.1, -0.05) is 50.7 Å². The lowest BCUT2D eigenvalue weighted by Crippen LogP contribution is -2.42. The molecular formula is C28H43N3O4. The third-order valence-corrected chi connectivity index (χ3v) is 7.67. The van der Waals surface area contributed by atoms with Gasteiger partial charge >= 0.3 is 0 Å². The van der Waals surface area contributed by atoms with Crippen LogP contribution in [0, 0.1) is 0 Å². The molecule has 3 fully saturated rings. The lowest BCUT2D eigenvalue weighted by atomic mass is 9.94. The number of ether oxygens (including phenoxy) is 1. The van der Waals surface area contributed by atoms with Crippen molar-refractivity contribution in [3.05, 3.63) is 29.8 Å². The van der Waals surface area contributed by atoms with E-state index in [0.29, 0.717) is 25.3 Å². The fourth-order valence-electron chi connectivity index (χ4n) is 5.70. The summed E-state index contributed by atoms with van der Waals surface area (Å²) in [5.41, 5.74) is 2.14. The van der Waals surface area contributed by atoms with E-state index in [1.165, 1.54) is 38.5 Å². The van der Waals surface area contributed by atoms with Gasteiger partial charge < -0.3 is 19.8 Å². The van der Waals surface area contributed by atoms with Crippen molar-refractivity contribution in [2.24, 2.45) is 4.99 Å². The average Bonchev–Trinajstić information content (AvgIpc) is 3.20. The Kier molecular flexibility index (Phi) is 9.83. The van der Waals surface area contributed by atoms with Gasteiger partial charge in [0.1, 0.15) is 0 Å². The largest absolute Gasteiger partial charge is 0.451 e. The third kappa shape index (κ3) is 6.98. The summed E-state index contributed by atoms with van der Waals surface area (Å²) in [5.74, 6) is 0.0723. The molecule has 2 saturated carbocycles. The van der Waals surface area contributed by atoms with Gasteiger partial charge in [0.25, 0.3) is 11.9 Å². The lowest BCUT2D eigenvalue weighted by Gasteiger charge is -2.30. The Balaban J connectivity index is 1.45. The molecule has 0 bridgehead atoms. The number of rotatable bonds is 11. The van der Waals surface area contributed by atoms with Gasteiger partial charge in [0, 0.05) is 44.5 Å². The number of nitrogens with zero attached hydrogens (tertiary/aromatic N) is 3. The van der Waals surface area contributed by atoms with Gasteiger partial charge in [-0.15, -0.1) is 0 Å². The van der Waals surface area contributed by atoms with E-state index in [2.05, 4.69) is 29.2 Å². The van der Waals surface area contributed by atoms with Gasteiger partial charge in [0.15, 0.2) is 6.10 Å². The molecule has 1 unspecified atom stereocenters. The number of aliphatic imine (C=N–C) groups is 1. The van der Waals surface area contributed by atoms with Crippen LogP contribution in [-0.4, -0.2) is 71.5 Å². The lowest BCUT2D eigenvalue weighted by molar-refractivity contribution is -0.131. The summed E-state index contributed by atoms with van der Waals surface area (Å²) in [6.07, 6.45) is 13.0. The minimum atomic E-state index is -0.509. The highest BCUT2D eigenvalue weighted by atomic mass is 16.5. The zero-order valence-corrected chi connectivity index (χ0v) is 21.1. The number of aliphatic hydroxyl groups is 2. The van der Waals surface area contributed by atoms with Crippen LogP contribution in [0.4, 0.5) is 5.69 Å². The highest BCUT2D eigenvalue weighted by molar-refractivity contribution is 6.02. The number of hydrogen-bond donors (Lipinski definition) is 2. The van der Waals surface area contributed by atoms with E-state index < -0.39 is 6.10 Å². The summed E-state index contributed by atoms with van der Waals surface area (Å²) >= 11 is 0. The second-order valence-electron chi connectivity index (χ2n) is 10.3. The number of amidine groups is 1. The van der Waals surface area contributed by atoms with Crippen LogP contribution in [0.3, 0.4) is 0 Å². The predicted molar refractivity (Wildman–Crippen MR) is 139 cm³/mol. The molecule has 2 N–H and O–H groups in total. The molecule has 4 rings (SSSR count). The monoisotopic (exact) mass is 485 g/mol. The van der Waals surface area contributed by atoms with Crippen LogP contribution in [0.2, 0.25) is 0 Å². The van der Waals surface area contributed by atoms with E-state index in [9.17, 15) is 15.0 Å². The van der Waals surface area contributed by atoms with E-state index in [-0.39, 0.29) is 31.2 Å². The zero-order valence-electron chi connectivity index (χ0n) is 21.1. The number of benzene rings is 1. The predicted octanol–water partition coefficient (Wildman–Crippen LogP) is 4.05. The van der Waals surface area contributed by atoms with Crippen LogP contribution in [0.25, 0.3) is 0 Å². The molecule has 1 amide bonds. The molecule has 1 aliphatic heterocycles. The van der Waals surface area contributed by atoms with E-state index in [4.69, 9.17) is 9.73 Å². The molecule has 1 heterocycles. The van der Waals surface area contributed by atoms with Gasteiger partial charge in [-0.25, -0.2) is 4.99 Å². The first-order valence-corrected chi connectivity index (χ1v) is 13.8. The molecule has 2 aliphatic carbocycles. The summed E-state index contributed by atoms with van der Waals surface area (Å²) < 4.78 is 6.29. The molecular weight excluding hydrogens is 442 g/mol. The second kappa shape index (κ2) is 13.3. The van der Waals surface area contributed by atoms with Crippen molar-refractivity contribution < 1.29 is 19.7 Å². The van der Waals surface area contributed by atoms with Crippen LogP contribution < -0.4 is 4.90 Å². The Labute approximate surface area is 210 Å². The summed E-state index contributed by atoms with van der Waals surface area (Å²) in [6.45, 7) is 1.79. The molecule has 0 spiro atoms. The van der Waals surface area contributed by atoms with Crippen LogP contribution >= 0.6 is 0 Å². The van der Waals surface area contributed by atoms with Gasteiger partial charge in [0.2, 0.25) is 0 Å². The van der Waals surface area contributed by atoms with Crippen molar-refractivity contribution in [2.45, 2.75) is 102 Å². The van der Waals surface area contributed by atoms with E-state index in [1.807, 2.05) is 4.90 Å². The Hall–Kier alpha value is -2.12. The van der Waals surface area contributed by atoms with Crippen molar-refractivity contribution in [1.29, 1.82) is 0 Å². The highest BCUT2D eigenvalue weighted by Crippen LogP contribution is 2.30. The fourth-order valence-corrected chi connectivity index (χ4v) is 5.70. The Morgan fingerprint density at radius 2 is 1.49 bits per heavy atom. The SMILES string of the molecule is O=C1C(Cc2ccc(N(CCCO)CCCO)cc2)OC(=NC2CCCCC2)N1C1CCCCC1. The minimum Gasteiger partial charge on any atom is -0.451 e. The van der Waals surface area contributed by atoms with Gasteiger partial charge in [-0.2, -0.15) is 0 Å². The normalized spacial score (nSPS) is 23.1. The molecule has 1 aromatic carbocycles. The molecule has 0 aromatic heterocycles. The van der Waals surface area contributed by atoms with Crippen molar-refractivity contribution >= 4 is 17.6 Å². The molecule has 0 radical (unpaired) electrons. The van der Waals surface area contributed by atoms with Gasteiger partial charge in [-0.05, 0) is 56.2 Å². The summed E-state index contributed by atoms with van der Waals surface area (Å²) in [4.78, 5) is 22.6. The molecule has 1 atom stereocenters. The van der Waals surface area contributed by atoms with Crippen molar-refractivity contribution in [3.63, 3.8) is 0 Å². The quantitative estimate of drug-likeness (QED) is 0.494. The summed E-state index contributed by atoms with van der Waals surface area (Å²) in [7, 11) is 0. The molecule has 1 aromatic rings. The fraction of sp³-hybridized carbons (Fsp3) is 0.714. The van der Waals surface area contributed by atoms with Crippen LogP contribution in [-0.2, 0) is 16.0 Å². The molecule has 194 valence electrons. The molecule has 1 saturated heterocycles. The average molecular weight is 486 g/mol. The standard InChI is InChI=1S/C28H43N3O4/c32-19-7-17-30(18-8-20-33)24-15-13-22(14-16-24)21-26-27(34)31(25-11-5-2-6-12-25)28(35-26)29-23-9-3-1-4-10-23/h13-16,23,25-26,32-33H,1-12,17-21H2. The van der Waals surface area contributed by atoms with Crippen molar-refractivity contribution in [3.8, 4) is 0 Å². The number of amides is 1. The van der Waals surface area contributed by atoms with Crippen LogP contribution in [0.1, 0.15) is 82.6 Å². The second-order valence-corrected chi connectivity index (χ2v) is 10.3. The maximum atomic E-state index is 13.5. The number of aliphatic hydroxyl groups excluding tert-OH is 2. The Morgan fingerprint density at radius 3 is 2.09 bits per heavy atom. The number of carbonyl (C=O) groups excluding carboxylic acids is 1. The molecule has 3 aliphatic rings. The van der Waals surface area contributed by atoms with Crippen molar-refractivity contribution in [1.82, 2.24) is 4.90 Å². The first kappa shape index (κ1) is 26.0. The number of carbonyl (C=O) groups is 1. The Bertz CT molecular complexity index is 808. The van der Waals surface area contributed by atoms with E-state index in [0.717, 1.165) is 50.0 Å². The molecule has 7 heteroatoms. The van der Waals surface area contributed by atoms with Crippen LogP contribution in [0.15, 0.2) is 29.3 Å². The van der Waals surface area contributed by atoms with Gasteiger partial charge in [-0.3, -0.25) is 9.69 Å². The maximum absolute atomic E-state index is 13.5. The molecule has 35 heavy (non-hydrogen) atoms. The topological polar surface area (TPSA) is 85.6 Å². The van der Waals surface area contributed by atoms with Crippen LogP contribution in [0.5, 0.6) is 0 Å².